The van der Waals surface area contributed by atoms with Crippen molar-refractivity contribution in [2.45, 2.75) is 44.2 Å². The normalized spacial score (nSPS) is 16.9. The third-order valence-corrected chi connectivity index (χ3v) is 6.70. The molecule has 0 spiro atoms. The smallest absolute Gasteiger partial charge is 0.475 e. The Morgan fingerprint density at radius 2 is 1.52 bits per heavy atom. The molecule has 0 bridgehead atoms. The van der Waals surface area contributed by atoms with Crippen molar-refractivity contribution in [3.05, 3.63) is 83.7 Å². The third kappa shape index (κ3) is 9.52. The lowest BCUT2D eigenvalue weighted by Gasteiger charge is -2.37. The number of hydrogen-bond donors (Lipinski definition) is 2. The highest BCUT2D eigenvalue weighted by molar-refractivity contribution is 5.79. The number of halogens is 6. The highest BCUT2D eigenvalue weighted by atomic mass is 19.4. The van der Waals surface area contributed by atoms with Crippen LogP contribution in [0.1, 0.15) is 41.3 Å². The molecule has 1 fully saturated rings. The van der Waals surface area contributed by atoms with Gasteiger partial charge in [0, 0.05) is 57.0 Å². The number of rotatable bonds is 4. The second-order valence-electron chi connectivity index (χ2n) is 9.74. The van der Waals surface area contributed by atoms with Crippen LogP contribution in [-0.2, 0) is 32.2 Å². The fourth-order valence-corrected chi connectivity index (χ4v) is 4.65. The number of ether oxygens (including phenoxy) is 1. The SMILES string of the molecule is O=C(C1CCOCC1)N1Cc2ccccc2C(c2nccn2Cc2cccnc2)C1.O=C(O)C(F)(F)F.O=C(O)C(F)(F)F. The van der Waals surface area contributed by atoms with Gasteiger partial charge in [-0.15, -0.1) is 0 Å². The molecule has 16 heteroatoms. The lowest BCUT2D eigenvalue weighted by molar-refractivity contribution is -0.193. The molecule has 1 atom stereocenters. The average molecular weight is 631 g/mol. The van der Waals surface area contributed by atoms with Crippen molar-refractivity contribution in [3.63, 3.8) is 0 Å². The van der Waals surface area contributed by atoms with Crippen LogP contribution in [0.4, 0.5) is 26.3 Å². The largest absolute Gasteiger partial charge is 0.490 e. The lowest BCUT2D eigenvalue weighted by Crippen LogP contribution is -2.43. The van der Waals surface area contributed by atoms with E-state index in [2.05, 4.69) is 39.9 Å². The Kier molecular flexibility index (Phi) is 11.5. The molecule has 10 nitrogen and oxygen atoms in total. The maximum Gasteiger partial charge on any atom is 0.490 e. The first-order chi connectivity index (χ1) is 20.7. The van der Waals surface area contributed by atoms with Gasteiger partial charge in [-0.2, -0.15) is 26.3 Å². The van der Waals surface area contributed by atoms with Gasteiger partial charge in [-0.3, -0.25) is 9.78 Å². The van der Waals surface area contributed by atoms with Crippen LogP contribution >= 0.6 is 0 Å². The summed E-state index contributed by atoms with van der Waals surface area (Å²) < 4.78 is 71.1. The molecule has 1 amide bonds. The molecule has 2 aliphatic heterocycles. The fraction of sp³-hybridized carbons (Fsp3) is 0.393. The number of imidazole rings is 1. The minimum atomic E-state index is -5.08. The molecule has 238 valence electrons. The van der Waals surface area contributed by atoms with Crippen molar-refractivity contribution in [1.29, 1.82) is 0 Å². The maximum atomic E-state index is 13.3. The number of amides is 1. The molecule has 3 aromatic rings. The molecule has 5 rings (SSSR count). The van der Waals surface area contributed by atoms with E-state index in [1.165, 1.54) is 11.1 Å². The van der Waals surface area contributed by atoms with Gasteiger partial charge in [0.15, 0.2) is 0 Å². The van der Waals surface area contributed by atoms with Crippen LogP contribution in [0, 0.1) is 5.92 Å². The van der Waals surface area contributed by atoms with Crippen molar-refractivity contribution in [3.8, 4) is 0 Å². The third-order valence-electron chi connectivity index (χ3n) is 6.70. The van der Waals surface area contributed by atoms with Crippen molar-refractivity contribution >= 4 is 17.8 Å². The molecule has 2 aliphatic rings. The van der Waals surface area contributed by atoms with E-state index >= 15 is 0 Å². The summed E-state index contributed by atoms with van der Waals surface area (Å²) in [6.07, 6.45) is -0.985. The van der Waals surface area contributed by atoms with E-state index in [1.807, 2.05) is 29.6 Å². The highest BCUT2D eigenvalue weighted by Gasteiger charge is 2.39. The van der Waals surface area contributed by atoms with E-state index in [4.69, 9.17) is 29.5 Å². The van der Waals surface area contributed by atoms with Gasteiger partial charge >= 0.3 is 24.3 Å². The first-order valence-electron chi connectivity index (χ1n) is 13.1. The van der Waals surface area contributed by atoms with Gasteiger partial charge in [-0.1, -0.05) is 30.3 Å². The minimum absolute atomic E-state index is 0.0606. The average Bonchev–Trinajstić information content (AvgIpc) is 3.44. The predicted molar refractivity (Wildman–Crippen MR) is 140 cm³/mol. The van der Waals surface area contributed by atoms with E-state index in [9.17, 15) is 31.1 Å². The van der Waals surface area contributed by atoms with Crippen LogP contribution in [0.2, 0.25) is 0 Å². The molecule has 1 aromatic carbocycles. The first-order valence-corrected chi connectivity index (χ1v) is 13.1. The second-order valence-corrected chi connectivity index (χ2v) is 9.74. The van der Waals surface area contributed by atoms with Crippen molar-refractivity contribution in [1.82, 2.24) is 19.4 Å². The molecule has 2 aromatic heterocycles. The second kappa shape index (κ2) is 14.8. The van der Waals surface area contributed by atoms with Crippen molar-refractivity contribution < 1.29 is 55.7 Å². The summed E-state index contributed by atoms with van der Waals surface area (Å²) >= 11 is 0. The van der Waals surface area contributed by atoms with Crippen molar-refractivity contribution in [2.24, 2.45) is 5.92 Å². The number of aromatic nitrogens is 3. The molecular weight excluding hydrogens is 602 g/mol. The van der Waals surface area contributed by atoms with E-state index in [0.717, 1.165) is 30.8 Å². The van der Waals surface area contributed by atoms with E-state index in [-0.39, 0.29) is 17.7 Å². The summed E-state index contributed by atoms with van der Waals surface area (Å²) in [4.78, 5) is 42.1. The van der Waals surface area contributed by atoms with Crippen molar-refractivity contribution in [2.75, 3.05) is 19.8 Å². The van der Waals surface area contributed by atoms with Gasteiger partial charge in [0.1, 0.15) is 5.82 Å². The summed E-state index contributed by atoms with van der Waals surface area (Å²) in [7, 11) is 0. The van der Waals surface area contributed by atoms with Crippen LogP contribution in [0.25, 0.3) is 0 Å². The molecule has 2 N–H and O–H groups in total. The Morgan fingerprint density at radius 1 is 0.909 bits per heavy atom. The number of carbonyl (C=O) groups excluding carboxylic acids is 1. The monoisotopic (exact) mass is 630 g/mol. The summed E-state index contributed by atoms with van der Waals surface area (Å²) in [6.45, 7) is 3.42. The number of benzene rings is 1. The zero-order valence-corrected chi connectivity index (χ0v) is 23.0. The van der Waals surface area contributed by atoms with Gasteiger partial charge in [-0.25, -0.2) is 14.6 Å². The van der Waals surface area contributed by atoms with Gasteiger partial charge in [0.25, 0.3) is 0 Å². The number of fused-ring (bicyclic) bond motifs is 1. The van der Waals surface area contributed by atoms with Gasteiger partial charge in [0.2, 0.25) is 5.91 Å². The molecule has 0 radical (unpaired) electrons. The van der Waals surface area contributed by atoms with E-state index < -0.39 is 24.3 Å². The topological polar surface area (TPSA) is 135 Å². The standard InChI is InChI=1S/C24H26N4O2.2C2HF3O2/c29-24(19-7-12-30-13-8-19)28-16-20-5-1-2-6-21(20)22(17-28)23-26-10-11-27(23)15-18-4-3-9-25-14-18;2*3-2(4,5)1(6)7/h1-6,9-11,14,19,22H,7-8,12-13,15-17H2;2*(H,6,7). The number of carboxylic acids is 2. The number of pyridine rings is 1. The summed E-state index contributed by atoms with van der Waals surface area (Å²) in [5.41, 5.74) is 3.62. The Balaban J connectivity index is 0.000000317. The molecule has 0 saturated carbocycles. The lowest BCUT2D eigenvalue weighted by atomic mass is 9.87. The van der Waals surface area contributed by atoms with Crippen LogP contribution in [0.3, 0.4) is 0 Å². The minimum Gasteiger partial charge on any atom is -0.475 e. The number of carboxylic acid groups (broad SMARTS) is 2. The molecule has 1 unspecified atom stereocenters. The Labute approximate surface area is 246 Å². The van der Waals surface area contributed by atoms with Gasteiger partial charge in [0.05, 0.1) is 12.5 Å². The Bertz CT molecular complexity index is 1380. The number of nitrogens with zero attached hydrogens (tertiary/aromatic N) is 4. The number of aliphatic carboxylic acids is 2. The van der Waals surface area contributed by atoms with Crippen LogP contribution in [0.5, 0.6) is 0 Å². The van der Waals surface area contributed by atoms with Gasteiger partial charge < -0.3 is 24.4 Å². The quantitative estimate of drug-likeness (QED) is 0.403. The predicted octanol–water partition coefficient (Wildman–Crippen LogP) is 4.49. The van der Waals surface area contributed by atoms with E-state index in [1.54, 1.807) is 6.20 Å². The number of carbonyl (C=O) groups is 3. The van der Waals surface area contributed by atoms with Crippen LogP contribution < -0.4 is 0 Å². The zero-order chi connectivity index (χ0) is 32.5. The Morgan fingerprint density at radius 3 is 2.09 bits per heavy atom. The molecule has 1 saturated heterocycles. The number of alkyl halides is 6. The number of hydrogen-bond acceptors (Lipinski definition) is 6. The van der Waals surface area contributed by atoms with E-state index in [0.29, 0.717) is 26.3 Å². The highest BCUT2D eigenvalue weighted by Crippen LogP contribution is 2.34. The summed E-state index contributed by atoms with van der Waals surface area (Å²) in [6, 6.07) is 12.5. The molecule has 44 heavy (non-hydrogen) atoms. The summed E-state index contributed by atoms with van der Waals surface area (Å²) in [5.74, 6) is -4.14. The Hall–Kier alpha value is -4.47. The zero-order valence-electron chi connectivity index (χ0n) is 23.0. The maximum absolute atomic E-state index is 13.3. The molecule has 0 aliphatic carbocycles. The molecular formula is C28H28F6N4O6. The summed E-state index contributed by atoms with van der Waals surface area (Å²) in [5, 5.41) is 14.2. The first kappa shape index (κ1) is 34.0. The van der Waals surface area contributed by atoms with Crippen LogP contribution in [-0.4, -0.2) is 79.6 Å². The van der Waals surface area contributed by atoms with Gasteiger partial charge in [-0.05, 0) is 35.6 Å². The fourth-order valence-electron chi connectivity index (χ4n) is 4.65. The molecule has 4 heterocycles. The van der Waals surface area contributed by atoms with Crippen LogP contribution in [0.15, 0.2) is 61.2 Å².